The summed E-state index contributed by atoms with van der Waals surface area (Å²) in [6.45, 7) is 1.46. The average molecular weight is 231 g/mol. The highest BCUT2D eigenvalue weighted by atomic mass is 16.1. The SMILES string of the molecule is Cn1ccnc1-c1nc2c(c(=O)[nH]1)CNCC2. The van der Waals surface area contributed by atoms with Crippen molar-refractivity contribution in [3.63, 3.8) is 0 Å². The first-order valence-electron chi connectivity index (χ1n) is 5.56. The summed E-state index contributed by atoms with van der Waals surface area (Å²) < 4.78 is 1.84. The lowest BCUT2D eigenvalue weighted by Gasteiger charge is -2.15. The first-order valence-corrected chi connectivity index (χ1v) is 5.56. The van der Waals surface area contributed by atoms with Gasteiger partial charge in [0.2, 0.25) is 0 Å². The number of hydrogen-bond donors (Lipinski definition) is 2. The summed E-state index contributed by atoms with van der Waals surface area (Å²) >= 11 is 0. The van der Waals surface area contributed by atoms with Crippen LogP contribution in [0, 0.1) is 0 Å². The standard InChI is InChI=1S/C11H13N5O/c1-16-5-4-13-10(16)9-14-8-2-3-12-6-7(8)11(17)15-9/h4-5,12H,2-3,6H2,1H3,(H,14,15,17). The number of rotatable bonds is 1. The van der Waals surface area contributed by atoms with Gasteiger partial charge in [0.25, 0.3) is 5.56 Å². The van der Waals surface area contributed by atoms with Crippen molar-refractivity contribution in [3.8, 4) is 11.6 Å². The maximum absolute atomic E-state index is 11.9. The van der Waals surface area contributed by atoms with Crippen LogP contribution in [-0.4, -0.2) is 26.1 Å². The molecule has 1 aliphatic heterocycles. The Balaban J connectivity index is 2.17. The molecule has 0 atom stereocenters. The fraction of sp³-hybridized carbons (Fsp3) is 0.364. The minimum absolute atomic E-state index is 0.0693. The Hall–Kier alpha value is -1.95. The topological polar surface area (TPSA) is 75.6 Å². The van der Waals surface area contributed by atoms with Crippen molar-refractivity contribution in [1.82, 2.24) is 24.8 Å². The van der Waals surface area contributed by atoms with Crippen LogP contribution in [-0.2, 0) is 20.0 Å². The second-order valence-corrected chi connectivity index (χ2v) is 4.13. The minimum Gasteiger partial charge on any atom is -0.331 e. The number of hydrogen-bond acceptors (Lipinski definition) is 4. The lowest BCUT2D eigenvalue weighted by molar-refractivity contribution is 0.620. The van der Waals surface area contributed by atoms with E-state index in [9.17, 15) is 4.79 Å². The van der Waals surface area contributed by atoms with Crippen LogP contribution in [0.5, 0.6) is 0 Å². The molecule has 88 valence electrons. The third-order valence-electron chi connectivity index (χ3n) is 2.97. The van der Waals surface area contributed by atoms with Gasteiger partial charge in [-0.3, -0.25) is 4.79 Å². The minimum atomic E-state index is -0.0693. The number of nitrogens with zero attached hydrogens (tertiary/aromatic N) is 3. The molecule has 0 saturated carbocycles. The van der Waals surface area contributed by atoms with Crippen molar-refractivity contribution in [1.29, 1.82) is 0 Å². The van der Waals surface area contributed by atoms with Crippen LogP contribution in [0.1, 0.15) is 11.3 Å². The van der Waals surface area contributed by atoms with Gasteiger partial charge in [-0.25, -0.2) is 9.97 Å². The molecule has 0 unspecified atom stereocenters. The van der Waals surface area contributed by atoms with Crippen molar-refractivity contribution in [2.75, 3.05) is 6.54 Å². The molecule has 2 aromatic rings. The molecule has 0 fully saturated rings. The number of nitrogens with one attached hydrogen (secondary N) is 2. The van der Waals surface area contributed by atoms with E-state index in [0.29, 0.717) is 18.2 Å². The first kappa shape index (κ1) is 10.2. The number of imidazole rings is 1. The summed E-state index contributed by atoms with van der Waals surface area (Å²) in [5.41, 5.74) is 1.56. The Morgan fingerprint density at radius 1 is 1.47 bits per heavy atom. The maximum atomic E-state index is 11.9. The molecular formula is C11H13N5O. The highest BCUT2D eigenvalue weighted by molar-refractivity contribution is 5.44. The summed E-state index contributed by atoms with van der Waals surface area (Å²) in [4.78, 5) is 23.4. The molecule has 0 bridgehead atoms. The van der Waals surface area contributed by atoms with E-state index >= 15 is 0 Å². The van der Waals surface area contributed by atoms with Crippen LogP contribution in [0.25, 0.3) is 11.6 Å². The molecule has 0 saturated heterocycles. The quantitative estimate of drug-likeness (QED) is 0.713. The molecule has 0 aromatic carbocycles. The molecule has 17 heavy (non-hydrogen) atoms. The van der Waals surface area contributed by atoms with Crippen molar-refractivity contribution < 1.29 is 0 Å². The van der Waals surface area contributed by atoms with Crippen LogP contribution in [0.3, 0.4) is 0 Å². The summed E-state index contributed by atoms with van der Waals surface area (Å²) in [5, 5.41) is 3.17. The van der Waals surface area contributed by atoms with Gasteiger partial charge in [0.1, 0.15) is 0 Å². The molecule has 0 radical (unpaired) electrons. The van der Waals surface area contributed by atoms with Gasteiger partial charge in [-0.15, -0.1) is 0 Å². The molecule has 0 amide bonds. The van der Waals surface area contributed by atoms with Crippen LogP contribution in [0.15, 0.2) is 17.2 Å². The van der Waals surface area contributed by atoms with Gasteiger partial charge >= 0.3 is 0 Å². The van der Waals surface area contributed by atoms with E-state index in [4.69, 9.17) is 0 Å². The Morgan fingerprint density at radius 3 is 3.12 bits per heavy atom. The van der Waals surface area contributed by atoms with Crippen LogP contribution in [0.2, 0.25) is 0 Å². The second-order valence-electron chi connectivity index (χ2n) is 4.13. The normalized spacial score (nSPS) is 14.6. The van der Waals surface area contributed by atoms with E-state index in [1.54, 1.807) is 6.20 Å². The van der Waals surface area contributed by atoms with Gasteiger partial charge < -0.3 is 14.9 Å². The molecule has 0 spiro atoms. The fourth-order valence-corrected chi connectivity index (χ4v) is 2.05. The second kappa shape index (κ2) is 3.81. The van der Waals surface area contributed by atoms with Crippen molar-refractivity contribution in [3.05, 3.63) is 34.0 Å². The Labute approximate surface area is 97.7 Å². The van der Waals surface area contributed by atoms with Gasteiger partial charge in [-0.1, -0.05) is 0 Å². The van der Waals surface area contributed by atoms with Crippen molar-refractivity contribution >= 4 is 0 Å². The summed E-state index contributed by atoms with van der Waals surface area (Å²) in [6.07, 6.45) is 4.31. The lowest BCUT2D eigenvalue weighted by Crippen LogP contribution is -2.31. The zero-order chi connectivity index (χ0) is 11.8. The van der Waals surface area contributed by atoms with Gasteiger partial charge in [-0.2, -0.15) is 0 Å². The van der Waals surface area contributed by atoms with Gasteiger partial charge in [-0.05, 0) is 0 Å². The monoisotopic (exact) mass is 231 g/mol. The fourth-order valence-electron chi connectivity index (χ4n) is 2.05. The smallest absolute Gasteiger partial charge is 0.255 e. The van der Waals surface area contributed by atoms with E-state index in [-0.39, 0.29) is 5.56 Å². The Bertz CT molecular complexity index is 613. The molecule has 6 heteroatoms. The highest BCUT2D eigenvalue weighted by Crippen LogP contribution is 2.13. The maximum Gasteiger partial charge on any atom is 0.255 e. The zero-order valence-corrected chi connectivity index (χ0v) is 9.53. The third kappa shape index (κ3) is 1.66. The van der Waals surface area contributed by atoms with Crippen LogP contribution >= 0.6 is 0 Å². The Morgan fingerprint density at radius 2 is 2.35 bits per heavy atom. The van der Waals surface area contributed by atoms with Gasteiger partial charge in [0, 0.05) is 39.0 Å². The summed E-state index contributed by atoms with van der Waals surface area (Å²) in [6, 6.07) is 0. The zero-order valence-electron chi connectivity index (χ0n) is 9.53. The average Bonchev–Trinajstić information content (AvgIpc) is 2.75. The highest BCUT2D eigenvalue weighted by Gasteiger charge is 2.16. The number of H-pyrrole nitrogens is 1. The van der Waals surface area contributed by atoms with E-state index in [1.165, 1.54) is 0 Å². The number of aromatic amines is 1. The predicted molar refractivity (Wildman–Crippen MR) is 62.5 cm³/mol. The number of fused-ring (bicyclic) bond motifs is 1. The molecule has 3 rings (SSSR count). The van der Waals surface area contributed by atoms with E-state index in [1.807, 2.05) is 17.8 Å². The van der Waals surface area contributed by atoms with E-state index in [0.717, 1.165) is 24.2 Å². The molecule has 2 aromatic heterocycles. The first-order chi connectivity index (χ1) is 8.25. The molecule has 0 aliphatic carbocycles. The summed E-state index contributed by atoms with van der Waals surface area (Å²) in [7, 11) is 1.88. The Kier molecular flexibility index (Phi) is 2.29. The van der Waals surface area contributed by atoms with Crippen molar-refractivity contribution in [2.24, 2.45) is 7.05 Å². The summed E-state index contributed by atoms with van der Waals surface area (Å²) in [5.74, 6) is 1.23. The van der Waals surface area contributed by atoms with E-state index in [2.05, 4.69) is 20.3 Å². The lowest BCUT2D eigenvalue weighted by atomic mass is 10.1. The van der Waals surface area contributed by atoms with E-state index < -0.39 is 0 Å². The molecule has 1 aliphatic rings. The molecule has 6 nitrogen and oxygen atoms in total. The number of aromatic nitrogens is 4. The van der Waals surface area contributed by atoms with Gasteiger partial charge in [0.15, 0.2) is 11.6 Å². The van der Waals surface area contributed by atoms with Crippen molar-refractivity contribution in [2.45, 2.75) is 13.0 Å². The molecule has 3 heterocycles. The predicted octanol–water partition coefficient (Wildman–Crippen LogP) is -0.184. The number of aryl methyl sites for hydroxylation is 1. The molecular weight excluding hydrogens is 218 g/mol. The third-order valence-corrected chi connectivity index (χ3v) is 2.97. The van der Waals surface area contributed by atoms with Crippen LogP contribution < -0.4 is 10.9 Å². The van der Waals surface area contributed by atoms with Gasteiger partial charge in [0.05, 0.1) is 11.3 Å². The van der Waals surface area contributed by atoms with Crippen LogP contribution in [0.4, 0.5) is 0 Å². The molecule has 2 N–H and O–H groups in total. The largest absolute Gasteiger partial charge is 0.331 e.